The SMILES string of the molecule is CCOC(=O)c1cnn2c(-c3cc(Cl)cc(Cl)c3)c(C)nc2c1C(C)C. The van der Waals surface area contributed by atoms with Crippen LogP contribution in [-0.2, 0) is 4.74 Å². The van der Waals surface area contributed by atoms with Crippen LogP contribution in [0.15, 0.2) is 24.4 Å². The van der Waals surface area contributed by atoms with E-state index in [-0.39, 0.29) is 11.9 Å². The molecule has 2 aromatic heterocycles. The van der Waals surface area contributed by atoms with Crippen LogP contribution >= 0.6 is 23.2 Å². The van der Waals surface area contributed by atoms with E-state index < -0.39 is 0 Å². The third-order valence-corrected chi connectivity index (χ3v) is 4.51. The van der Waals surface area contributed by atoms with E-state index in [2.05, 4.69) is 10.1 Å². The first-order chi connectivity index (χ1) is 12.3. The number of imidazole rings is 1. The maximum Gasteiger partial charge on any atom is 0.340 e. The van der Waals surface area contributed by atoms with Crippen LogP contribution in [-0.4, -0.2) is 27.2 Å². The van der Waals surface area contributed by atoms with Crippen LogP contribution in [0.4, 0.5) is 0 Å². The van der Waals surface area contributed by atoms with Crippen molar-refractivity contribution in [2.24, 2.45) is 0 Å². The van der Waals surface area contributed by atoms with Crippen LogP contribution in [0.1, 0.15) is 48.3 Å². The van der Waals surface area contributed by atoms with Crippen molar-refractivity contribution in [2.45, 2.75) is 33.6 Å². The molecule has 0 N–H and O–H groups in total. The number of aryl methyl sites for hydroxylation is 1. The van der Waals surface area contributed by atoms with Crippen molar-refractivity contribution < 1.29 is 9.53 Å². The average molecular weight is 392 g/mol. The molecule has 0 atom stereocenters. The van der Waals surface area contributed by atoms with Crippen LogP contribution in [0.2, 0.25) is 10.0 Å². The number of nitrogens with zero attached hydrogens (tertiary/aromatic N) is 3. The number of halogens is 2. The van der Waals surface area contributed by atoms with Crippen molar-refractivity contribution in [1.82, 2.24) is 14.6 Å². The van der Waals surface area contributed by atoms with Crippen LogP contribution in [0, 0.1) is 6.92 Å². The Morgan fingerprint density at radius 3 is 2.46 bits per heavy atom. The van der Waals surface area contributed by atoms with E-state index in [0.29, 0.717) is 27.9 Å². The summed E-state index contributed by atoms with van der Waals surface area (Å²) < 4.78 is 6.90. The molecule has 5 nitrogen and oxygen atoms in total. The largest absolute Gasteiger partial charge is 0.462 e. The molecule has 0 aliphatic rings. The monoisotopic (exact) mass is 391 g/mol. The second kappa shape index (κ2) is 7.25. The number of carbonyl (C=O) groups excluding carboxylic acids is 1. The first-order valence-electron chi connectivity index (χ1n) is 8.35. The summed E-state index contributed by atoms with van der Waals surface area (Å²) in [7, 11) is 0. The quantitative estimate of drug-likeness (QED) is 0.565. The van der Waals surface area contributed by atoms with Crippen LogP contribution in [0.25, 0.3) is 16.9 Å². The lowest BCUT2D eigenvalue weighted by molar-refractivity contribution is 0.0524. The summed E-state index contributed by atoms with van der Waals surface area (Å²) in [4.78, 5) is 17.0. The van der Waals surface area contributed by atoms with Gasteiger partial charge in [-0.15, -0.1) is 0 Å². The predicted molar refractivity (Wildman–Crippen MR) is 103 cm³/mol. The topological polar surface area (TPSA) is 56.5 Å². The van der Waals surface area contributed by atoms with Gasteiger partial charge in [0, 0.05) is 21.2 Å². The number of esters is 1. The maximum absolute atomic E-state index is 12.3. The molecular weight excluding hydrogens is 373 g/mol. The van der Waals surface area contributed by atoms with E-state index in [1.807, 2.05) is 32.9 Å². The highest BCUT2D eigenvalue weighted by atomic mass is 35.5. The molecule has 26 heavy (non-hydrogen) atoms. The minimum Gasteiger partial charge on any atom is -0.462 e. The first kappa shape index (κ1) is 18.7. The minimum absolute atomic E-state index is 0.0671. The zero-order valence-electron chi connectivity index (χ0n) is 15.0. The Balaban J connectivity index is 2.30. The number of fused-ring (bicyclic) bond motifs is 1. The number of rotatable bonds is 4. The second-order valence-corrected chi connectivity index (χ2v) is 7.16. The molecule has 0 radical (unpaired) electrons. The normalized spacial score (nSPS) is 11.3. The summed E-state index contributed by atoms with van der Waals surface area (Å²) >= 11 is 12.3. The summed E-state index contributed by atoms with van der Waals surface area (Å²) in [6.45, 7) is 8.00. The number of benzene rings is 1. The van der Waals surface area contributed by atoms with Gasteiger partial charge in [-0.1, -0.05) is 37.0 Å². The third kappa shape index (κ3) is 3.29. The molecule has 0 unspecified atom stereocenters. The molecule has 0 saturated heterocycles. The van der Waals surface area contributed by atoms with Crippen molar-refractivity contribution in [3.8, 4) is 11.3 Å². The molecule has 0 spiro atoms. The van der Waals surface area contributed by atoms with Crippen molar-refractivity contribution >= 4 is 34.8 Å². The van der Waals surface area contributed by atoms with Crippen LogP contribution in [0.5, 0.6) is 0 Å². The predicted octanol–water partition coefficient (Wildman–Crippen LogP) is 5.31. The van der Waals surface area contributed by atoms with Crippen molar-refractivity contribution in [1.29, 1.82) is 0 Å². The molecule has 2 heterocycles. The van der Waals surface area contributed by atoms with Gasteiger partial charge in [0.05, 0.1) is 29.8 Å². The summed E-state index contributed by atoms with van der Waals surface area (Å²) in [5.41, 5.74) is 4.27. The molecule has 1 aromatic carbocycles. The molecule has 0 saturated carbocycles. The van der Waals surface area contributed by atoms with Gasteiger partial charge < -0.3 is 4.74 Å². The Bertz CT molecular complexity index is 976. The molecule has 0 aliphatic carbocycles. The molecule has 3 rings (SSSR count). The number of ether oxygens (including phenoxy) is 1. The van der Waals surface area contributed by atoms with Gasteiger partial charge in [0.2, 0.25) is 0 Å². The average Bonchev–Trinajstić information content (AvgIpc) is 2.88. The van der Waals surface area contributed by atoms with Crippen LogP contribution < -0.4 is 0 Å². The van der Waals surface area contributed by atoms with Gasteiger partial charge >= 0.3 is 5.97 Å². The third-order valence-electron chi connectivity index (χ3n) is 4.07. The van der Waals surface area contributed by atoms with Crippen molar-refractivity contribution in [3.63, 3.8) is 0 Å². The zero-order chi connectivity index (χ0) is 19.0. The van der Waals surface area contributed by atoms with Crippen molar-refractivity contribution in [3.05, 3.63) is 51.3 Å². The maximum atomic E-state index is 12.3. The molecule has 136 valence electrons. The molecule has 7 heteroatoms. The molecule has 3 aromatic rings. The standard InChI is InChI=1S/C19H19Cl2N3O2/c1-5-26-19(25)15-9-22-24-17(12-6-13(20)8-14(21)7-12)11(4)23-18(24)16(15)10(2)3/h6-10H,5H2,1-4H3. The summed E-state index contributed by atoms with van der Waals surface area (Å²) in [5.74, 6) is -0.322. The Morgan fingerprint density at radius 1 is 1.23 bits per heavy atom. The number of hydrogen-bond donors (Lipinski definition) is 0. The highest BCUT2D eigenvalue weighted by molar-refractivity contribution is 6.35. The van der Waals surface area contributed by atoms with E-state index >= 15 is 0 Å². The van der Waals surface area contributed by atoms with Gasteiger partial charge in [0.1, 0.15) is 0 Å². The second-order valence-electron chi connectivity index (χ2n) is 6.29. The fourth-order valence-corrected chi connectivity index (χ4v) is 3.60. The van der Waals surface area contributed by atoms with E-state index in [1.54, 1.807) is 17.5 Å². The van der Waals surface area contributed by atoms with Crippen LogP contribution in [0.3, 0.4) is 0 Å². The first-order valence-corrected chi connectivity index (χ1v) is 9.10. The molecule has 0 aliphatic heterocycles. The van der Waals surface area contributed by atoms with Gasteiger partial charge in [0.15, 0.2) is 5.65 Å². The highest BCUT2D eigenvalue weighted by Crippen LogP contribution is 2.32. The van der Waals surface area contributed by atoms with Gasteiger partial charge in [-0.25, -0.2) is 14.3 Å². The van der Waals surface area contributed by atoms with Crippen molar-refractivity contribution in [2.75, 3.05) is 6.61 Å². The lowest BCUT2D eigenvalue weighted by Crippen LogP contribution is -2.12. The van der Waals surface area contributed by atoms with Gasteiger partial charge in [-0.3, -0.25) is 0 Å². The molecular formula is C19H19Cl2N3O2. The number of aromatic nitrogens is 3. The lowest BCUT2D eigenvalue weighted by Gasteiger charge is -2.13. The molecule has 0 amide bonds. The van der Waals surface area contributed by atoms with Gasteiger partial charge in [-0.2, -0.15) is 5.10 Å². The Kier molecular flexibility index (Phi) is 5.21. The van der Waals surface area contributed by atoms with E-state index in [1.165, 1.54) is 6.20 Å². The number of hydrogen-bond acceptors (Lipinski definition) is 4. The summed E-state index contributed by atoms with van der Waals surface area (Å²) in [6.07, 6.45) is 1.54. The number of carbonyl (C=O) groups is 1. The fourth-order valence-electron chi connectivity index (χ4n) is 3.07. The Morgan fingerprint density at radius 2 is 1.88 bits per heavy atom. The summed E-state index contributed by atoms with van der Waals surface area (Å²) in [5, 5.41) is 5.52. The fraction of sp³-hybridized carbons (Fsp3) is 0.316. The molecule has 0 bridgehead atoms. The Hall–Kier alpha value is -2.11. The lowest BCUT2D eigenvalue weighted by atomic mass is 10.00. The zero-order valence-corrected chi connectivity index (χ0v) is 16.5. The highest BCUT2D eigenvalue weighted by Gasteiger charge is 2.23. The van der Waals surface area contributed by atoms with E-state index in [4.69, 9.17) is 27.9 Å². The smallest absolute Gasteiger partial charge is 0.340 e. The van der Waals surface area contributed by atoms with Gasteiger partial charge in [0.25, 0.3) is 0 Å². The minimum atomic E-state index is -0.390. The Labute approximate surface area is 161 Å². The van der Waals surface area contributed by atoms with E-state index in [9.17, 15) is 4.79 Å². The molecule has 0 fully saturated rings. The van der Waals surface area contributed by atoms with E-state index in [0.717, 1.165) is 22.5 Å². The van der Waals surface area contributed by atoms with Gasteiger partial charge in [-0.05, 0) is 38.0 Å². The summed E-state index contributed by atoms with van der Waals surface area (Å²) in [6, 6.07) is 5.32.